The van der Waals surface area contributed by atoms with Crippen molar-refractivity contribution >= 4 is 28.6 Å². The normalized spacial score (nSPS) is 10.6. The zero-order valence-corrected chi connectivity index (χ0v) is 21.3. The first kappa shape index (κ1) is 25.3. The van der Waals surface area contributed by atoms with E-state index in [-0.39, 0.29) is 5.56 Å². The molecule has 194 valence electrons. The molecule has 0 aliphatic rings. The van der Waals surface area contributed by atoms with Gasteiger partial charge in [-0.05, 0) is 78.9 Å². The molecule has 0 aliphatic carbocycles. The van der Waals surface area contributed by atoms with Gasteiger partial charge in [-0.3, -0.25) is 9.78 Å². The monoisotopic (exact) mass is 520 g/mol. The molecule has 2 aromatic heterocycles. The van der Waals surface area contributed by atoms with Crippen LogP contribution in [-0.4, -0.2) is 47.7 Å². The second-order valence-electron chi connectivity index (χ2n) is 8.44. The fourth-order valence-corrected chi connectivity index (χ4v) is 3.93. The number of rotatable bonds is 8. The summed E-state index contributed by atoms with van der Waals surface area (Å²) in [7, 11) is 3.22. The highest BCUT2D eigenvalue weighted by molar-refractivity contribution is 5.97. The van der Waals surface area contributed by atoms with Gasteiger partial charge >= 0.3 is 5.97 Å². The van der Waals surface area contributed by atoms with Gasteiger partial charge in [-0.2, -0.15) is 0 Å². The van der Waals surface area contributed by atoms with Crippen LogP contribution in [0.2, 0.25) is 0 Å². The zero-order chi connectivity index (χ0) is 27.2. The van der Waals surface area contributed by atoms with Crippen molar-refractivity contribution in [3.05, 3.63) is 96.8 Å². The number of hydrogen-bond acceptors (Lipinski definition) is 8. The molecule has 5 rings (SSSR count). The van der Waals surface area contributed by atoms with Gasteiger partial charge in [0.25, 0.3) is 5.91 Å². The first-order valence-electron chi connectivity index (χ1n) is 12.0. The highest BCUT2D eigenvalue weighted by atomic mass is 16.5. The van der Waals surface area contributed by atoms with Gasteiger partial charge in [0, 0.05) is 29.2 Å². The summed E-state index contributed by atoms with van der Waals surface area (Å²) in [6, 6.07) is 23.3. The number of ether oxygens (including phenoxy) is 3. The molecular weight excluding hydrogens is 496 g/mol. The van der Waals surface area contributed by atoms with E-state index in [2.05, 4.69) is 10.3 Å². The van der Waals surface area contributed by atoms with Gasteiger partial charge in [0.2, 0.25) is 0 Å². The predicted molar refractivity (Wildman–Crippen MR) is 147 cm³/mol. The number of benzene rings is 3. The minimum absolute atomic E-state index is 0.256. The average molecular weight is 521 g/mol. The summed E-state index contributed by atoms with van der Waals surface area (Å²) in [6.45, 7) is -0.432. The Balaban J connectivity index is 1.45. The molecule has 0 radical (unpaired) electrons. The van der Waals surface area contributed by atoms with Crippen LogP contribution < -0.4 is 14.8 Å². The molecule has 1 amide bonds. The first-order chi connectivity index (χ1) is 19.0. The summed E-state index contributed by atoms with van der Waals surface area (Å²) in [5, 5.41) is 2.65. The lowest BCUT2D eigenvalue weighted by Gasteiger charge is -2.12. The number of esters is 1. The van der Waals surface area contributed by atoms with E-state index in [1.54, 1.807) is 56.9 Å². The molecule has 0 aliphatic heterocycles. The standard InChI is InChI=1S/C30H24N4O5/c1-37-23-8-3-19(4-9-23)28-29(20-5-10-24(38-2)11-6-20)34-26-17-21(7-12-25(26)33-28)30(36)39-18-27(35)32-22-13-15-31-16-14-22/h3-17H,18H2,1-2H3,(H,31,32,35). The molecule has 2 heterocycles. The van der Waals surface area contributed by atoms with Crippen molar-refractivity contribution in [3.8, 4) is 34.0 Å². The van der Waals surface area contributed by atoms with E-state index in [9.17, 15) is 9.59 Å². The summed E-state index contributed by atoms with van der Waals surface area (Å²) in [6.07, 6.45) is 3.11. The number of anilines is 1. The van der Waals surface area contributed by atoms with Gasteiger partial charge in [-0.15, -0.1) is 0 Å². The second kappa shape index (κ2) is 11.4. The topological polar surface area (TPSA) is 113 Å². The van der Waals surface area contributed by atoms with Crippen LogP contribution in [0.15, 0.2) is 91.3 Å². The lowest BCUT2D eigenvalue weighted by Crippen LogP contribution is -2.20. The third kappa shape index (κ3) is 5.83. The number of aromatic nitrogens is 3. The fourth-order valence-electron chi connectivity index (χ4n) is 3.93. The van der Waals surface area contributed by atoms with E-state index in [0.717, 1.165) is 22.6 Å². The molecule has 0 bridgehead atoms. The SMILES string of the molecule is COc1ccc(-c2nc3ccc(C(=O)OCC(=O)Nc4ccncc4)cc3nc2-c2ccc(OC)cc2)cc1. The molecule has 5 aromatic rings. The molecular formula is C30H24N4O5. The Morgan fingerprint density at radius 3 is 1.85 bits per heavy atom. The van der Waals surface area contributed by atoms with Crippen molar-refractivity contribution in [1.82, 2.24) is 15.0 Å². The number of pyridine rings is 1. The zero-order valence-electron chi connectivity index (χ0n) is 21.3. The predicted octanol–water partition coefficient (Wildman–Crippen LogP) is 5.17. The molecule has 9 heteroatoms. The highest BCUT2D eigenvalue weighted by Gasteiger charge is 2.16. The minimum atomic E-state index is -0.645. The fraction of sp³-hybridized carbons (Fsp3) is 0.100. The van der Waals surface area contributed by atoms with E-state index in [1.165, 1.54) is 0 Å². The van der Waals surface area contributed by atoms with Crippen LogP contribution in [0.4, 0.5) is 5.69 Å². The van der Waals surface area contributed by atoms with E-state index < -0.39 is 18.5 Å². The lowest BCUT2D eigenvalue weighted by molar-refractivity contribution is -0.119. The molecule has 0 fully saturated rings. The molecule has 0 saturated heterocycles. The molecule has 0 spiro atoms. The van der Waals surface area contributed by atoms with Gasteiger partial charge in [0.1, 0.15) is 11.5 Å². The Labute approximate surface area is 224 Å². The summed E-state index contributed by atoms with van der Waals surface area (Å²) in [4.78, 5) is 38.6. The Kier molecular flexibility index (Phi) is 7.40. The van der Waals surface area contributed by atoms with Crippen molar-refractivity contribution < 1.29 is 23.8 Å². The summed E-state index contributed by atoms with van der Waals surface area (Å²) >= 11 is 0. The van der Waals surface area contributed by atoms with E-state index >= 15 is 0 Å². The maximum absolute atomic E-state index is 12.7. The van der Waals surface area contributed by atoms with Crippen molar-refractivity contribution in [2.24, 2.45) is 0 Å². The van der Waals surface area contributed by atoms with Crippen LogP contribution in [0.25, 0.3) is 33.5 Å². The van der Waals surface area contributed by atoms with Crippen molar-refractivity contribution in [2.75, 3.05) is 26.1 Å². The smallest absolute Gasteiger partial charge is 0.338 e. The van der Waals surface area contributed by atoms with Crippen LogP contribution >= 0.6 is 0 Å². The van der Waals surface area contributed by atoms with E-state index in [1.807, 2.05) is 48.5 Å². The molecule has 3 aromatic carbocycles. The van der Waals surface area contributed by atoms with Crippen LogP contribution in [0.3, 0.4) is 0 Å². The summed E-state index contributed by atoms with van der Waals surface area (Å²) < 4.78 is 15.8. The Bertz CT molecular complexity index is 1620. The van der Waals surface area contributed by atoms with Crippen molar-refractivity contribution in [1.29, 1.82) is 0 Å². The molecule has 0 atom stereocenters. The summed E-state index contributed by atoms with van der Waals surface area (Å²) in [5.41, 5.74) is 4.93. The number of methoxy groups -OCH3 is 2. The van der Waals surface area contributed by atoms with Crippen LogP contribution in [0, 0.1) is 0 Å². The number of amides is 1. The molecule has 0 unspecified atom stereocenters. The number of nitrogens with one attached hydrogen (secondary N) is 1. The molecule has 39 heavy (non-hydrogen) atoms. The first-order valence-corrected chi connectivity index (χ1v) is 12.0. The van der Waals surface area contributed by atoms with Gasteiger partial charge in [-0.1, -0.05) is 0 Å². The number of carbonyl (C=O) groups excluding carboxylic acids is 2. The van der Waals surface area contributed by atoms with Crippen LogP contribution in [0.5, 0.6) is 11.5 Å². The van der Waals surface area contributed by atoms with Crippen molar-refractivity contribution in [2.45, 2.75) is 0 Å². The number of fused-ring (bicyclic) bond motifs is 1. The van der Waals surface area contributed by atoms with Gasteiger partial charge in [-0.25, -0.2) is 14.8 Å². The minimum Gasteiger partial charge on any atom is -0.497 e. The number of carbonyl (C=O) groups is 2. The van der Waals surface area contributed by atoms with Gasteiger partial charge in [0.05, 0.1) is 42.2 Å². The third-order valence-electron chi connectivity index (χ3n) is 5.93. The van der Waals surface area contributed by atoms with E-state index in [4.69, 9.17) is 24.2 Å². The Morgan fingerprint density at radius 2 is 1.28 bits per heavy atom. The second-order valence-corrected chi connectivity index (χ2v) is 8.44. The Hall–Kier alpha value is -5.31. The number of hydrogen-bond donors (Lipinski definition) is 1. The van der Waals surface area contributed by atoms with Crippen LogP contribution in [-0.2, 0) is 9.53 Å². The van der Waals surface area contributed by atoms with E-state index in [0.29, 0.717) is 28.1 Å². The molecule has 9 nitrogen and oxygen atoms in total. The lowest BCUT2D eigenvalue weighted by atomic mass is 10.0. The maximum atomic E-state index is 12.7. The Morgan fingerprint density at radius 1 is 0.718 bits per heavy atom. The van der Waals surface area contributed by atoms with Gasteiger partial charge in [0.15, 0.2) is 6.61 Å². The largest absolute Gasteiger partial charge is 0.497 e. The average Bonchev–Trinajstić information content (AvgIpc) is 2.99. The highest BCUT2D eigenvalue weighted by Crippen LogP contribution is 2.33. The molecule has 0 saturated carbocycles. The number of nitrogens with zero attached hydrogens (tertiary/aromatic N) is 3. The molecule has 1 N–H and O–H groups in total. The quantitative estimate of drug-likeness (QED) is 0.279. The maximum Gasteiger partial charge on any atom is 0.338 e. The summed E-state index contributed by atoms with van der Waals surface area (Å²) in [5.74, 6) is 0.350. The van der Waals surface area contributed by atoms with Crippen LogP contribution in [0.1, 0.15) is 10.4 Å². The third-order valence-corrected chi connectivity index (χ3v) is 5.93. The van der Waals surface area contributed by atoms with Crippen molar-refractivity contribution in [3.63, 3.8) is 0 Å². The van der Waals surface area contributed by atoms with Gasteiger partial charge < -0.3 is 19.5 Å².